The molecule has 0 aliphatic rings. The summed E-state index contributed by atoms with van der Waals surface area (Å²) < 4.78 is 1.80. The Morgan fingerprint density at radius 1 is 1.43 bits per heavy atom. The van der Waals surface area contributed by atoms with Gasteiger partial charge in [-0.3, -0.25) is 0 Å². The van der Waals surface area contributed by atoms with E-state index in [-0.39, 0.29) is 5.75 Å². The molecular formula is C10H13N3O. The maximum absolute atomic E-state index is 9.75. The SMILES string of the molecule is CCn1nc(C)c2c(O)cc(C)nc21. The maximum Gasteiger partial charge on any atom is 0.162 e. The summed E-state index contributed by atoms with van der Waals surface area (Å²) in [4.78, 5) is 4.37. The lowest BCUT2D eigenvalue weighted by Crippen LogP contribution is -1.98. The molecule has 0 unspecified atom stereocenters. The molecule has 0 aromatic carbocycles. The van der Waals surface area contributed by atoms with E-state index in [2.05, 4.69) is 10.1 Å². The summed E-state index contributed by atoms with van der Waals surface area (Å²) >= 11 is 0. The molecular weight excluding hydrogens is 178 g/mol. The fourth-order valence-electron chi connectivity index (χ4n) is 1.67. The molecule has 0 bridgehead atoms. The lowest BCUT2D eigenvalue weighted by molar-refractivity contribution is 0.480. The highest BCUT2D eigenvalue weighted by Crippen LogP contribution is 2.26. The summed E-state index contributed by atoms with van der Waals surface area (Å²) in [5, 5.41) is 14.8. The second kappa shape index (κ2) is 2.97. The minimum Gasteiger partial charge on any atom is -0.507 e. The molecule has 0 amide bonds. The van der Waals surface area contributed by atoms with Crippen molar-refractivity contribution in [2.24, 2.45) is 0 Å². The van der Waals surface area contributed by atoms with Gasteiger partial charge in [0.05, 0.1) is 11.1 Å². The monoisotopic (exact) mass is 191 g/mol. The molecule has 0 aliphatic carbocycles. The number of nitrogens with zero attached hydrogens (tertiary/aromatic N) is 3. The molecule has 0 atom stereocenters. The van der Waals surface area contributed by atoms with Crippen LogP contribution < -0.4 is 0 Å². The Bertz CT molecular complexity index is 488. The fourth-order valence-corrected chi connectivity index (χ4v) is 1.67. The van der Waals surface area contributed by atoms with Gasteiger partial charge in [0.2, 0.25) is 0 Å². The van der Waals surface area contributed by atoms with Gasteiger partial charge in [-0.05, 0) is 20.8 Å². The normalized spacial score (nSPS) is 11.1. The van der Waals surface area contributed by atoms with Crippen molar-refractivity contribution in [3.63, 3.8) is 0 Å². The van der Waals surface area contributed by atoms with Gasteiger partial charge in [0.25, 0.3) is 0 Å². The van der Waals surface area contributed by atoms with Gasteiger partial charge in [0.15, 0.2) is 5.65 Å². The van der Waals surface area contributed by atoms with E-state index in [1.165, 1.54) is 0 Å². The van der Waals surface area contributed by atoms with Gasteiger partial charge < -0.3 is 5.11 Å². The topological polar surface area (TPSA) is 50.9 Å². The molecule has 0 fully saturated rings. The van der Waals surface area contributed by atoms with Gasteiger partial charge in [0.1, 0.15) is 5.75 Å². The van der Waals surface area contributed by atoms with Crippen molar-refractivity contribution >= 4 is 11.0 Å². The van der Waals surface area contributed by atoms with E-state index in [1.54, 1.807) is 10.7 Å². The molecule has 0 saturated carbocycles. The van der Waals surface area contributed by atoms with Crippen molar-refractivity contribution in [1.82, 2.24) is 14.8 Å². The highest BCUT2D eigenvalue weighted by Gasteiger charge is 2.11. The average Bonchev–Trinajstić information content (AvgIpc) is 2.42. The van der Waals surface area contributed by atoms with Crippen molar-refractivity contribution in [3.05, 3.63) is 17.5 Å². The molecule has 0 radical (unpaired) electrons. The standard InChI is InChI=1S/C10H13N3O/c1-4-13-10-9(7(3)12-13)8(14)5-6(2)11-10/h5H,4H2,1-3H3,(H,11,14). The van der Waals surface area contributed by atoms with Crippen LogP contribution in [0.15, 0.2) is 6.07 Å². The van der Waals surface area contributed by atoms with Gasteiger partial charge in [-0.1, -0.05) is 0 Å². The number of rotatable bonds is 1. The molecule has 14 heavy (non-hydrogen) atoms. The first kappa shape index (κ1) is 8.99. The molecule has 2 rings (SSSR count). The Morgan fingerprint density at radius 2 is 2.14 bits per heavy atom. The van der Waals surface area contributed by atoms with E-state index in [9.17, 15) is 5.11 Å². The first-order valence-corrected chi connectivity index (χ1v) is 4.67. The lowest BCUT2D eigenvalue weighted by atomic mass is 10.2. The summed E-state index contributed by atoms with van der Waals surface area (Å²) in [5.41, 5.74) is 2.40. The number of aromatic hydroxyl groups is 1. The molecule has 2 heterocycles. The van der Waals surface area contributed by atoms with Gasteiger partial charge in [-0.25, -0.2) is 9.67 Å². The number of hydrogen-bond donors (Lipinski definition) is 1. The molecule has 0 saturated heterocycles. The third-order valence-electron chi connectivity index (χ3n) is 2.28. The molecule has 2 aromatic rings. The highest BCUT2D eigenvalue weighted by molar-refractivity contribution is 5.84. The Balaban J connectivity index is 2.89. The van der Waals surface area contributed by atoms with E-state index in [4.69, 9.17) is 0 Å². The van der Waals surface area contributed by atoms with Crippen molar-refractivity contribution in [2.45, 2.75) is 27.3 Å². The number of aromatic nitrogens is 3. The molecule has 0 spiro atoms. The van der Waals surface area contributed by atoms with E-state index < -0.39 is 0 Å². The zero-order chi connectivity index (χ0) is 10.3. The third kappa shape index (κ3) is 1.14. The third-order valence-corrected chi connectivity index (χ3v) is 2.28. The van der Waals surface area contributed by atoms with Crippen LogP contribution in [0.1, 0.15) is 18.3 Å². The Labute approximate surface area is 82.2 Å². The van der Waals surface area contributed by atoms with Crippen LogP contribution in [0, 0.1) is 13.8 Å². The molecule has 4 heteroatoms. The first-order chi connectivity index (χ1) is 6.63. The summed E-state index contributed by atoms with van der Waals surface area (Å²) in [6.07, 6.45) is 0. The summed E-state index contributed by atoms with van der Waals surface area (Å²) in [6.45, 7) is 6.51. The summed E-state index contributed by atoms with van der Waals surface area (Å²) in [6, 6.07) is 1.66. The Kier molecular flexibility index (Phi) is 1.91. The molecule has 1 N–H and O–H groups in total. The van der Waals surface area contributed by atoms with Crippen LogP contribution in [-0.4, -0.2) is 19.9 Å². The maximum atomic E-state index is 9.75. The van der Waals surface area contributed by atoms with Gasteiger partial charge in [0, 0.05) is 18.3 Å². The van der Waals surface area contributed by atoms with Crippen molar-refractivity contribution < 1.29 is 5.11 Å². The highest BCUT2D eigenvalue weighted by atomic mass is 16.3. The molecule has 0 aliphatic heterocycles. The van der Waals surface area contributed by atoms with E-state index in [1.807, 2.05) is 20.8 Å². The minimum atomic E-state index is 0.268. The molecule has 2 aromatic heterocycles. The quantitative estimate of drug-likeness (QED) is 0.747. The average molecular weight is 191 g/mol. The number of fused-ring (bicyclic) bond motifs is 1. The predicted molar refractivity (Wildman–Crippen MR) is 54.3 cm³/mol. The van der Waals surface area contributed by atoms with Gasteiger partial charge >= 0.3 is 0 Å². The van der Waals surface area contributed by atoms with Crippen LogP contribution in [0.3, 0.4) is 0 Å². The van der Waals surface area contributed by atoms with Crippen molar-refractivity contribution in [3.8, 4) is 5.75 Å². The largest absolute Gasteiger partial charge is 0.507 e. The second-order valence-electron chi connectivity index (χ2n) is 3.38. The fraction of sp³-hybridized carbons (Fsp3) is 0.400. The van der Waals surface area contributed by atoms with E-state index >= 15 is 0 Å². The van der Waals surface area contributed by atoms with Crippen LogP contribution in [-0.2, 0) is 6.54 Å². The summed E-state index contributed by atoms with van der Waals surface area (Å²) in [5.74, 6) is 0.268. The first-order valence-electron chi connectivity index (χ1n) is 4.67. The number of aryl methyl sites for hydroxylation is 3. The predicted octanol–water partition coefficient (Wildman–Crippen LogP) is 1.77. The van der Waals surface area contributed by atoms with Crippen molar-refractivity contribution in [2.75, 3.05) is 0 Å². The van der Waals surface area contributed by atoms with Crippen molar-refractivity contribution in [1.29, 1.82) is 0 Å². The van der Waals surface area contributed by atoms with Crippen LogP contribution >= 0.6 is 0 Å². The minimum absolute atomic E-state index is 0.268. The van der Waals surface area contributed by atoms with Crippen LogP contribution in [0.5, 0.6) is 5.75 Å². The zero-order valence-electron chi connectivity index (χ0n) is 8.57. The molecule has 74 valence electrons. The van der Waals surface area contributed by atoms with Gasteiger partial charge in [-0.2, -0.15) is 5.10 Å². The van der Waals surface area contributed by atoms with E-state index in [0.29, 0.717) is 0 Å². The summed E-state index contributed by atoms with van der Waals surface area (Å²) in [7, 11) is 0. The molecule has 4 nitrogen and oxygen atoms in total. The Hall–Kier alpha value is -1.58. The zero-order valence-corrected chi connectivity index (χ0v) is 8.57. The van der Waals surface area contributed by atoms with Crippen LogP contribution in [0.2, 0.25) is 0 Å². The number of pyridine rings is 1. The van der Waals surface area contributed by atoms with Crippen LogP contribution in [0.4, 0.5) is 0 Å². The lowest BCUT2D eigenvalue weighted by Gasteiger charge is -2.00. The van der Waals surface area contributed by atoms with Gasteiger partial charge in [-0.15, -0.1) is 0 Å². The van der Waals surface area contributed by atoms with Crippen LogP contribution in [0.25, 0.3) is 11.0 Å². The Morgan fingerprint density at radius 3 is 2.79 bits per heavy atom. The van der Waals surface area contributed by atoms with E-state index in [0.717, 1.165) is 29.0 Å². The number of hydrogen-bond acceptors (Lipinski definition) is 3. The smallest absolute Gasteiger partial charge is 0.162 e. The second-order valence-corrected chi connectivity index (χ2v) is 3.38.